The summed E-state index contributed by atoms with van der Waals surface area (Å²) in [5.41, 5.74) is 1.39. The van der Waals surface area contributed by atoms with Gasteiger partial charge in [0.15, 0.2) is 0 Å². The normalized spacial score (nSPS) is 15.1. The fraction of sp³-hybridized carbons (Fsp3) is 0.571. The number of hydrogen-bond donors (Lipinski definition) is 1. The van der Waals surface area contributed by atoms with E-state index >= 15 is 0 Å². The molecule has 2 atom stereocenters. The molecule has 2 unspecified atom stereocenters. The van der Waals surface area contributed by atoms with Crippen molar-refractivity contribution in [2.75, 3.05) is 12.0 Å². The molecule has 1 rings (SSSR count). The molecule has 0 aromatic heterocycles. The van der Waals surface area contributed by atoms with E-state index in [2.05, 4.69) is 62.7 Å². The van der Waals surface area contributed by atoms with Gasteiger partial charge in [0, 0.05) is 17.8 Å². The summed E-state index contributed by atoms with van der Waals surface area (Å²) in [6, 6.07) is 11.8. The molecule has 0 radical (unpaired) electrons. The van der Waals surface area contributed by atoms with Crippen molar-refractivity contribution >= 4 is 11.8 Å². The highest BCUT2D eigenvalue weighted by molar-refractivity contribution is 7.98. The molecule has 0 amide bonds. The molecule has 1 aromatic carbocycles. The smallest absolute Gasteiger partial charge is 0.0345 e. The SMILES string of the molecule is CSCC(C)NC(c1ccccc1)C(C)C. The first-order valence-corrected chi connectivity index (χ1v) is 7.34. The lowest BCUT2D eigenvalue weighted by Gasteiger charge is -2.26. The van der Waals surface area contributed by atoms with Crippen molar-refractivity contribution in [1.82, 2.24) is 5.32 Å². The van der Waals surface area contributed by atoms with E-state index in [0.29, 0.717) is 18.0 Å². The summed E-state index contributed by atoms with van der Waals surface area (Å²) in [6.07, 6.45) is 2.16. The Balaban J connectivity index is 2.69. The standard InChI is InChI=1S/C14H23NS/c1-11(2)14(15-12(3)10-16-4)13-8-6-5-7-9-13/h5-9,11-12,14-15H,10H2,1-4H3. The maximum atomic E-state index is 3.71. The van der Waals surface area contributed by atoms with Crippen LogP contribution < -0.4 is 5.32 Å². The summed E-state index contributed by atoms with van der Waals surface area (Å²) in [4.78, 5) is 0. The third-order valence-electron chi connectivity index (χ3n) is 2.71. The first kappa shape index (κ1) is 13.6. The molecule has 0 aliphatic carbocycles. The Bertz CT molecular complexity index is 284. The van der Waals surface area contributed by atoms with Gasteiger partial charge in [-0.2, -0.15) is 11.8 Å². The highest BCUT2D eigenvalue weighted by Crippen LogP contribution is 2.22. The predicted octanol–water partition coefficient (Wildman–Crippen LogP) is 3.72. The van der Waals surface area contributed by atoms with E-state index in [9.17, 15) is 0 Å². The Labute approximate surface area is 104 Å². The van der Waals surface area contributed by atoms with Crippen LogP contribution in [0.25, 0.3) is 0 Å². The Morgan fingerprint density at radius 3 is 2.25 bits per heavy atom. The molecule has 0 aliphatic rings. The first-order valence-electron chi connectivity index (χ1n) is 5.95. The Morgan fingerprint density at radius 1 is 1.12 bits per heavy atom. The zero-order chi connectivity index (χ0) is 12.0. The van der Waals surface area contributed by atoms with Gasteiger partial charge in [0.05, 0.1) is 0 Å². The topological polar surface area (TPSA) is 12.0 Å². The second kappa shape index (κ2) is 6.97. The molecule has 1 nitrogen and oxygen atoms in total. The number of rotatable bonds is 6. The second-order valence-corrected chi connectivity index (χ2v) is 5.57. The van der Waals surface area contributed by atoms with Crippen molar-refractivity contribution in [3.8, 4) is 0 Å². The molecule has 0 fully saturated rings. The molecule has 1 N–H and O–H groups in total. The van der Waals surface area contributed by atoms with Gasteiger partial charge in [-0.1, -0.05) is 44.2 Å². The highest BCUT2D eigenvalue weighted by Gasteiger charge is 2.17. The third-order valence-corrected chi connectivity index (χ3v) is 3.54. The zero-order valence-electron chi connectivity index (χ0n) is 10.7. The van der Waals surface area contributed by atoms with Gasteiger partial charge < -0.3 is 5.32 Å². The molecule has 2 heteroatoms. The molecule has 0 aliphatic heterocycles. The fourth-order valence-electron chi connectivity index (χ4n) is 1.94. The largest absolute Gasteiger partial charge is 0.306 e. The van der Waals surface area contributed by atoms with Crippen LogP contribution in [-0.4, -0.2) is 18.1 Å². The van der Waals surface area contributed by atoms with Gasteiger partial charge in [-0.25, -0.2) is 0 Å². The molecular formula is C14H23NS. The lowest BCUT2D eigenvalue weighted by Crippen LogP contribution is -2.35. The molecule has 16 heavy (non-hydrogen) atoms. The average molecular weight is 237 g/mol. The maximum Gasteiger partial charge on any atom is 0.0345 e. The van der Waals surface area contributed by atoms with Gasteiger partial charge in [-0.3, -0.25) is 0 Å². The first-order chi connectivity index (χ1) is 7.65. The van der Waals surface area contributed by atoms with Gasteiger partial charge in [-0.15, -0.1) is 0 Å². The molecule has 1 aromatic rings. The minimum absolute atomic E-state index is 0.461. The minimum Gasteiger partial charge on any atom is -0.306 e. The van der Waals surface area contributed by atoms with E-state index in [0.717, 1.165) is 5.75 Å². The highest BCUT2D eigenvalue weighted by atomic mass is 32.2. The molecule has 0 saturated carbocycles. The van der Waals surface area contributed by atoms with Crippen LogP contribution in [0.5, 0.6) is 0 Å². The van der Waals surface area contributed by atoms with Crippen molar-refractivity contribution in [1.29, 1.82) is 0 Å². The van der Waals surface area contributed by atoms with E-state index in [-0.39, 0.29) is 0 Å². The summed E-state index contributed by atoms with van der Waals surface area (Å²) < 4.78 is 0. The van der Waals surface area contributed by atoms with Crippen LogP contribution in [-0.2, 0) is 0 Å². The van der Waals surface area contributed by atoms with Crippen LogP contribution in [0.3, 0.4) is 0 Å². The summed E-state index contributed by atoms with van der Waals surface area (Å²) in [7, 11) is 0. The quantitative estimate of drug-likeness (QED) is 0.809. The Morgan fingerprint density at radius 2 is 1.75 bits per heavy atom. The van der Waals surface area contributed by atoms with Crippen LogP contribution in [0.4, 0.5) is 0 Å². The molecular weight excluding hydrogens is 214 g/mol. The third kappa shape index (κ3) is 4.18. The average Bonchev–Trinajstić information content (AvgIpc) is 2.27. The van der Waals surface area contributed by atoms with E-state index < -0.39 is 0 Å². The van der Waals surface area contributed by atoms with Gasteiger partial charge in [0.25, 0.3) is 0 Å². The van der Waals surface area contributed by atoms with Crippen LogP contribution in [0, 0.1) is 5.92 Å². The molecule has 0 spiro atoms. The molecule has 90 valence electrons. The Kier molecular flexibility index (Phi) is 5.93. The lowest BCUT2D eigenvalue weighted by molar-refractivity contribution is 0.383. The van der Waals surface area contributed by atoms with Gasteiger partial charge in [-0.05, 0) is 24.7 Å². The van der Waals surface area contributed by atoms with Crippen LogP contribution in [0.2, 0.25) is 0 Å². The van der Waals surface area contributed by atoms with Crippen molar-refractivity contribution in [3.05, 3.63) is 35.9 Å². The van der Waals surface area contributed by atoms with Crippen molar-refractivity contribution in [3.63, 3.8) is 0 Å². The summed E-state index contributed by atoms with van der Waals surface area (Å²) in [5, 5.41) is 3.71. The van der Waals surface area contributed by atoms with Crippen molar-refractivity contribution in [2.24, 2.45) is 5.92 Å². The number of hydrogen-bond acceptors (Lipinski definition) is 2. The van der Waals surface area contributed by atoms with E-state index in [1.165, 1.54) is 5.56 Å². The minimum atomic E-state index is 0.461. The molecule has 0 heterocycles. The van der Waals surface area contributed by atoms with E-state index in [1.807, 2.05) is 11.8 Å². The summed E-state index contributed by atoms with van der Waals surface area (Å²) in [6.45, 7) is 6.81. The van der Waals surface area contributed by atoms with Gasteiger partial charge in [0.2, 0.25) is 0 Å². The van der Waals surface area contributed by atoms with Crippen LogP contribution >= 0.6 is 11.8 Å². The maximum absolute atomic E-state index is 3.71. The monoisotopic (exact) mass is 237 g/mol. The Hall–Kier alpha value is -0.470. The second-order valence-electron chi connectivity index (χ2n) is 4.66. The predicted molar refractivity (Wildman–Crippen MR) is 75.0 cm³/mol. The van der Waals surface area contributed by atoms with Gasteiger partial charge in [0.1, 0.15) is 0 Å². The van der Waals surface area contributed by atoms with Crippen LogP contribution in [0.1, 0.15) is 32.4 Å². The zero-order valence-corrected chi connectivity index (χ0v) is 11.6. The van der Waals surface area contributed by atoms with E-state index in [4.69, 9.17) is 0 Å². The summed E-state index contributed by atoms with van der Waals surface area (Å²) in [5.74, 6) is 1.78. The van der Waals surface area contributed by atoms with Gasteiger partial charge >= 0.3 is 0 Å². The van der Waals surface area contributed by atoms with Crippen molar-refractivity contribution in [2.45, 2.75) is 32.9 Å². The fourth-order valence-corrected chi connectivity index (χ4v) is 2.53. The summed E-state index contributed by atoms with van der Waals surface area (Å²) >= 11 is 1.90. The van der Waals surface area contributed by atoms with Crippen molar-refractivity contribution < 1.29 is 0 Å². The van der Waals surface area contributed by atoms with E-state index in [1.54, 1.807) is 0 Å². The lowest BCUT2D eigenvalue weighted by atomic mass is 9.95. The van der Waals surface area contributed by atoms with Crippen LogP contribution in [0.15, 0.2) is 30.3 Å². The number of thioether (sulfide) groups is 1. The molecule has 0 saturated heterocycles. The molecule has 0 bridgehead atoms. The number of nitrogens with one attached hydrogen (secondary N) is 1. The number of benzene rings is 1.